The Morgan fingerprint density at radius 2 is 2.16 bits per heavy atom. The fourth-order valence-corrected chi connectivity index (χ4v) is 1.47. The van der Waals surface area contributed by atoms with Crippen LogP contribution in [0.2, 0.25) is 0 Å². The average molecular weight is 272 g/mol. The standard InChI is InChI=1S/C12H17FN2O4/c1-18-6-7-19-5-4-15-9-3-2-8(13)11(14)10(9)12(16)17/h2-3,15H,4-7,14H2,1H3,(H,16,17). The van der Waals surface area contributed by atoms with Crippen LogP contribution in [0.4, 0.5) is 15.8 Å². The molecule has 0 radical (unpaired) electrons. The summed E-state index contributed by atoms with van der Waals surface area (Å²) in [5, 5.41) is 11.9. The predicted octanol–water partition coefficient (Wildman–Crippen LogP) is 1.18. The van der Waals surface area contributed by atoms with Gasteiger partial charge < -0.3 is 25.6 Å². The Bertz CT molecular complexity index is 440. The first-order valence-electron chi connectivity index (χ1n) is 5.69. The molecule has 0 aromatic heterocycles. The quantitative estimate of drug-likeness (QED) is 0.486. The van der Waals surface area contributed by atoms with E-state index in [9.17, 15) is 9.18 Å². The lowest BCUT2D eigenvalue weighted by Gasteiger charge is -2.12. The molecular formula is C12H17FN2O4. The number of nitrogens with one attached hydrogen (secondary N) is 1. The summed E-state index contributed by atoms with van der Waals surface area (Å²) in [7, 11) is 1.57. The van der Waals surface area contributed by atoms with E-state index in [1.807, 2.05) is 0 Å². The first kappa shape index (κ1) is 15.2. The van der Waals surface area contributed by atoms with Crippen molar-refractivity contribution < 1.29 is 23.8 Å². The molecule has 0 amide bonds. The third-order valence-electron chi connectivity index (χ3n) is 2.40. The Hall–Kier alpha value is -1.86. The number of anilines is 2. The number of benzene rings is 1. The smallest absolute Gasteiger partial charge is 0.340 e. The molecule has 0 aliphatic rings. The second-order valence-electron chi connectivity index (χ2n) is 3.72. The summed E-state index contributed by atoms with van der Waals surface area (Å²) in [6, 6.07) is 2.46. The van der Waals surface area contributed by atoms with Gasteiger partial charge in [0.15, 0.2) is 0 Å². The van der Waals surface area contributed by atoms with Crippen molar-refractivity contribution in [3.05, 3.63) is 23.5 Å². The predicted molar refractivity (Wildman–Crippen MR) is 69.0 cm³/mol. The fraction of sp³-hybridized carbons (Fsp3) is 0.417. The SMILES string of the molecule is COCCOCCNc1ccc(F)c(N)c1C(=O)O. The fourth-order valence-electron chi connectivity index (χ4n) is 1.47. The monoisotopic (exact) mass is 272 g/mol. The molecule has 106 valence electrons. The Morgan fingerprint density at radius 3 is 2.79 bits per heavy atom. The van der Waals surface area contributed by atoms with Crippen molar-refractivity contribution in [3.63, 3.8) is 0 Å². The van der Waals surface area contributed by atoms with E-state index in [0.29, 0.717) is 26.4 Å². The van der Waals surface area contributed by atoms with E-state index in [1.165, 1.54) is 6.07 Å². The van der Waals surface area contributed by atoms with Gasteiger partial charge >= 0.3 is 5.97 Å². The molecule has 0 bridgehead atoms. The third-order valence-corrected chi connectivity index (χ3v) is 2.40. The molecule has 1 aromatic rings. The van der Waals surface area contributed by atoms with Crippen molar-refractivity contribution in [2.45, 2.75) is 0 Å². The molecule has 0 saturated carbocycles. The number of rotatable bonds is 8. The van der Waals surface area contributed by atoms with E-state index in [1.54, 1.807) is 7.11 Å². The van der Waals surface area contributed by atoms with Crippen LogP contribution >= 0.6 is 0 Å². The number of halogens is 1. The van der Waals surface area contributed by atoms with Crippen LogP contribution in [0, 0.1) is 5.82 Å². The number of hydrogen-bond acceptors (Lipinski definition) is 5. The normalized spacial score (nSPS) is 10.4. The maximum atomic E-state index is 13.2. The molecule has 0 spiro atoms. The number of carboxylic acid groups (broad SMARTS) is 1. The first-order chi connectivity index (χ1) is 9.07. The van der Waals surface area contributed by atoms with Crippen LogP contribution < -0.4 is 11.1 Å². The van der Waals surface area contributed by atoms with Crippen LogP contribution in [-0.2, 0) is 9.47 Å². The summed E-state index contributed by atoms with van der Waals surface area (Å²) < 4.78 is 23.2. The van der Waals surface area contributed by atoms with E-state index in [0.717, 1.165) is 6.07 Å². The zero-order chi connectivity index (χ0) is 14.3. The topological polar surface area (TPSA) is 93.8 Å². The number of carbonyl (C=O) groups is 1. The van der Waals surface area contributed by atoms with Crippen LogP contribution in [0.3, 0.4) is 0 Å². The molecule has 6 nitrogen and oxygen atoms in total. The van der Waals surface area contributed by atoms with E-state index in [-0.39, 0.29) is 16.9 Å². The van der Waals surface area contributed by atoms with Gasteiger partial charge in [0.1, 0.15) is 11.4 Å². The second-order valence-corrected chi connectivity index (χ2v) is 3.72. The molecule has 0 saturated heterocycles. The van der Waals surface area contributed by atoms with Crippen molar-refractivity contribution in [1.82, 2.24) is 0 Å². The number of hydrogen-bond donors (Lipinski definition) is 3. The number of ether oxygens (including phenoxy) is 2. The zero-order valence-corrected chi connectivity index (χ0v) is 10.6. The van der Waals surface area contributed by atoms with Crippen molar-refractivity contribution >= 4 is 17.3 Å². The summed E-state index contributed by atoms with van der Waals surface area (Å²) >= 11 is 0. The van der Waals surface area contributed by atoms with Gasteiger partial charge in [-0.05, 0) is 12.1 Å². The summed E-state index contributed by atoms with van der Waals surface area (Å²) in [4.78, 5) is 11.0. The molecule has 1 aromatic carbocycles. The highest BCUT2D eigenvalue weighted by molar-refractivity contribution is 6.00. The van der Waals surface area contributed by atoms with Gasteiger partial charge in [0.25, 0.3) is 0 Å². The Labute approximate surface area is 110 Å². The molecule has 0 heterocycles. The molecule has 1 rings (SSSR count). The molecular weight excluding hydrogens is 255 g/mol. The number of methoxy groups -OCH3 is 1. The number of nitrogens with two attached hydrogens (primary N) is 1. The molecule has 0 atom stereocenters. The minimum Gasteiger partial charge on any atom is -0.478 e. The maximum Gasteiger partial charge on any atom is 0.340 e. The average Bonchev–Trinajstić information content (AvgIpc) is 2.37. The maximum absolute atomic E-state index is 13.2. The number of aromatic carboxylic acids is 1. The molecule has 0 aliphatic carbocycles. The van der Waals surface area contributed by atoms with Gasteiger partial charge in [-0.25, -0.2) is 9.18 Å². The van der Waals surface area contributed by atoms with E-state index in [2.05, 4.69) is 5.32 Å². The summed E-state index contributed by atoms with van der Waals surface area (Å²) in [5.74, 6) is -2.03. The van der Waals surface area contributed by atoms with Crippen molar-refractivity contribution in [1.29, 1.82) is 0 Å². The van der Waals surface area contributed by atoms with Crippen LogP contribution in [0.15, 0.2) is 12.1 Å². The third kappa shape index (κ3) is 4.38. The van der Waals surface area contributed by atoms with Crippen molar-refractivity contribution in [2.24, 2.45) is 0 Å². The summed E-state index contributed by atoms with van der Waals surface area (Å²) in [6.07, 6.45) is 0. The lowest BCUT2D eigenvalue weighted by molar-refractivity contribution is 0.0697. The molecule has 19 heavy (non-hydrogen) atoms. The second kappa shape index (κ2) is 7.55. The van der Waals surface area contributed by atoms with Gasteiger partial charge in [-0.1, -0.05) is 0 Å². The van der Waals surface area contributed by atoms with Crippen LogP contribution in [-0.4, -0.2) is 44.6 Å². The first-order valence-corrected chi connectivity index (χ1v) is 5.69. The van der Waals surface area contributed by atoms with Gasteiger partial charge in [0.05, 0.1) is 31.2 Å². The van der Waals surface area contributed by atoms with E-state index < -0.39 is 11.8 Å². The molecule has 7 heteroatoms. The van der Waals surface area contributed by atoms with Gasteiger partial charge in [-0.15, -0.1) is 0 Å². The van der Waals surface area contributed by atoms with E-state index in [4.69, 9.17) is 20.3 Å². The zero-order valence-electron chi connectivity index (χ0n) is 10.6. The van der Waals surface area contributed by atoms with Gasteiger partial charge in [0, 0.05) is 13.7 Å². The van der Waals surface area contributed by atoms with Crippen LogP contribution in [0.1, 0.15) is 10.4 Å². The summed E-state index contributed by atoms with van der Waals surface area (Å²) in [6.45, 7) is 1.70. The lowest BCUT2D eigenvalue weighted by Crippen LogP contribution is -2.15. The molecule has 4 N–H and O–H groups in total. The Kier molecular flexibility index (Phi) is 6.04. The van der Waals surface area contributed by atoms with E-state index >= 15 is 0 Å². The molecule has 0 aliphatic heterocycles. The van der Waals surface area contributed by atoms with Gasteiger partial charge in [0.2, 0.25) is 0 Å². The Morgan fingerprint density at radius 1 is 1.42 bits per heavy atom. The highest BCUT2D eigenvalue weighted by Crippen LogP contribution is 2.24. The Balaban J connectivity index is 2.58. The molecule has 0 unspecified atom stereocenters. The minimum absolute atomic E-state index is 0.266. The van der Waals surface area contributed by atoms with Crippen molar-refractivity contribution in [3.8, 4) is 0 Å². The molecule has 0 fully saturated rings. The highest BCUT2D eigenvalue weighted by Gasteiger charge is 2.16. The van der Waals surface area contributed by atoms with Gasteiger partial charge in [-0.2, -0.15) is 0 Å². The minimum atomic E-state index is -1.28. The summed E-state index contributed by atoms with van der Waals surface area (Å²) in [5.41, 5.74) is 5.03. The highest BCUT2D eigenvalue weighted by atomic mass is 19.1. The van der Waals surface area contributed by atoms with Gasteiger partial charge in [-0.3, -0.25) is 0 Å². The largest absolute Gasteiger partial charge is 0.478 e. The van der Waals surface area contributed by atoms with Crippen LogP contribution in [0.25, 0.3) is 0 Å². The number of carboxylic acids is 1. The lowest BCUT2D eigenvalue weighted by atomic mass is 10.1. The van der Waals surface area contributed by atoms with Crippen LogP contribution in [0.5, 0.6) is 0 Å². The number of nitrogen functional groups attached to an aromatic ring is 1. The van der Waals surface area contributed by atoms with Crippen molar-refractivity contribution in [2.75, 3.05) is 44.5 Å².